The number of rotatable bonds is 3. The third kappa shape index (κ3) is 3.12. The van der Waals surface area contributed by atoms with Crippen LogP contribution in [0.1, 0.15) is 41.7 Å². The Morgan fingerprint density at radius 1 is 0.676 bits per heavy atom. The van der Waals surface area contributed by atoms with Gasteiger partial charge >= 0.3 is 0 Å². The second-order valence-electron chi connectivity index (χ2n) is 10.5. The summed E-state index contributed by atoms with van der Waals surface area (Å²) in [5.74, 6) is 0.968. The summed E-state index contributed by atoms with van der Waals surface area (Å²) < 4.78 is 7.30. The molecule has 5 aromatic carbocycles. The van der Waals surface area contributed by atoms with E-state index in [0.29, 0.717) is 0 Å². The van der Waals surface area contributed by atoms with E-state index in [4.69, 9.17) is 4.74 Å². The normalized spacial score (nSPS) is 18.7. The summed E-state index contributed by atoms with van der Waals surface area (Å²) in [5.41, 5.74) is 8.04. The van der Waals surface area contributed by atoms with Crippen LogP contribution < -0.4 is 4.74 Å². The van der Waals surface area contributed by atoms with E-state index in [2.05, 4.69) is 135 Å². The molecule has 0 fully saturated rings. The van der Waals surface area contributed by atoms with Crippen LogP contribution in [0.5, 0.6) is 5.75 Å². The van der Waals surface area contributed by atoms with E-state index in [1.54, 1.807) is 11.8 Å². The highest BCUT2D eigenvalue weighted by atomic mass is 32.2. The quantitative estimate of drug-likeness (QED) is 0.230. The molecule has 1 aliphatic carbocycles. The molecule has 2 heteroatoms. The molecule has 1 aliphatic heterocycles. The fourth-order valence-corrected chi connectivity index (χ4v) is 6.81. The van der Waals surface area contributed by atoms with Crippen LogP contribution >= 0.6 is 11.8 Å². The van der Waals surface area contributed by atoms with Crippen molar-refractivity contribution in [2.24, 2.45) is 0 Å². The van der Waals surface area contributed by atoms with Crippen molar-refractivity contribution in [1.29, 1.82) is 0 Å². The van der Waals surface area contributed by atoms with Gasteiger partial charge in [0.05, 0.1) is 0 Å². The minimum atomic E-state index is -0.711. The van der Waals surface area contributed by atoms with Gasteiger partial charge in [-0.2, -0.15) is 0 Å². The van der Waals surface area contributed by atoms with Crippen LogP contribution in [0, 0.1) is 0 Å². The minimum absolute atomic E-state index is 0.125. The van der Waals surface area contributed by atoms with E-state index in [0.717, 1.165) is 22.3 Å². The van der Waals surface area contributed by atoms with Crippen LogP contribution in [0.25, 0.3) is 28.0 Å². The van der Waals surface area contributed by atoms with Crippen molar-refractivity contribution in [2.45, 2.75) is 29.8 Å². The van der Waals surface area contributed by atoms with E-state index in [9.17, 15) is 0 Å². The molecule has 2 aliphatic rings. The molecule has 7 rings (SSSR count). The maximum Gasteiger partial charge on any atom is 0.178 e. The number of fused-ring (bicyclic) bond motifs is 8. The maximum atomic E-state index is 7.30. The van der Waals surface area contributed by atoms with Gasteiger partial charge in [-0.05, 0) is 52.1 Å². The first-order chi connectivity index (χ1) is 18.0. The predicted octanol–water partition coefficient (Wildman–Crippen LogP) is 9.22. The van der Waals surface area contributed by atoms with Gasteiger partial charge in [0, 0.05) is 32.4 Å². The number of ether oxygens (including phenoxy) is 1. The zero-order chi connectivity index (χ0) is 25.2. The Bertz CT molecular complexity index is 1700. The SMILES string of the molecule is CSc1ccc(C2(c3ccccc3)C=Cc3c4c(c5ccccc5c3O2)-c2ccccc2C4(C)C)cc1. The summed E-state index contributed by atoms with van der Waals surface area (Å²) in [7, 11) is 0. The first kappa shape index (κ1) is 22.4. The van der Waals surface area contributed by atoms with Crippen LogP contribution in [-0.2, 0) is 11.0 Å². The molecule has 1 nitrogen and oxygen atoms in total. The fraction of sp³-hybridized carbons (Fsp3) is 0.143. The highest BCUT2D eigenvalue weighted by Gasteiger charge is 2.44. The third-order valence-electron chi connectivity index (χ3n) is 8.17. The highest BCUT2D eigenvalue weighted by molar-refractivity contribution is 7.98. The Kier molecular flexibility index (Phi) is 4.93. The first-order valence-corrected chi connectivity index (χ1v) is 14.0. The molecule has 1 atom stereocenters. The second kappa shape index (κ2) is 8.13. The van der Waals surface area contributed by atoms with Crippen LogP contribution in [0.4, 0.5) is 0 Å². The molecular formula is C35H28OS. The summed E-state index contributed by atoms with van der Waals surface area (Å²) in [6.45, 7) is 4.70. The van der Waals surface area contributed by atoms with Crippen molar-refractivity contribution in [3.63, 3.8) is 0 Å². The number of thioether (sulfide) groups is 1. The Morgan fingerprint density at radius 3 is 2.08 bits per heavy atom. The second-order valence-corrected chi connectivity index (χ2v) is 11.4. The van der Waals surface area contributed by atoms with Crippen molar-refractivity contribution in [2.75, 3.05) is 6.26 Å². The van der Waals surface area contributed by atoms with Gasteiger partial charge in [0.15, 0.2) is 5.60 Å². The van der Waals surface area contributed by atoms with E-state index in [1.807, 2.05) is 0 Å². The van der Waals surface area contributed by atoms with Crippen molar-refractivity contribution < 1.29 is 4.74 Å². The zero-order valence-corrected chi connectivity index (χ0v) is 22.1. The lowest BCUT2D eigenvalue weighted by atomic mass is 9.77. The van der Waals surface area contributed by atoms with Gasteiger partial charge in [0.1, 0.15) is 5.75 Å². The van der Waals surface area contributed by atoms with Gasteiger partial charge in [0.25, 0.3) is 0 Å². The van der Waals surface area contributed by atoms with Crippen molar-refractivity contribution >= 4 is 28.6 Å². The number of hydrogen-bond acceptors (Lipinski definition) is 2. The van der Waals surface area contributed by atoms with Crippen molar-refractivity contribution in [3.8, 4) is 16.9 Å². The molecule has 0 saturated heterocycles. The summed E-state index contributed by atoms with van der Waals surface area (Å²) in [6, 6.07) is 37.0. The molecule has 0 aromatic heterocycles. The van der Waals surface area contributed by atoms with Crippen LogP contribution in [-0.4, -0.2) is 6.26 Å². The smallest absolute Gasteiger partial charge is 0.178 e. The molecule has 0 amide bonds. The molecule has 0 saturated carbocycles. The lowest BCUT2D eigenvalue weighted by Gasteiger charge is -2.38. The topological polar surface area (TPSA) is 9.23 Å². The monoisotopic (exact) mass is 496 g/mol. The van der Waals surface area contributed by atoms with Crippen LogP contribution in [0.15, 0.2) is 114 Å². The lowest BCUT2D eigenvalue weighted by molar-refractivity contribution is 0.163. The molecule has 0 bridgehead atoms. The van der Waals surface area contributed by atoms with Gasteiger partial charge in [-0.25, -0.2) is 0 Å². The molecule has 180 valence electrons. The summed E-state index contributed by atoms with van der Waals surface area (Å²) in [4.78, 5) is 1.25. The Labute approximate surface area is 222 Å². The van der Waals surface area contributed by atoms with Crippen LogP contribution in [0.3, 0.4) is 0 Å². The summed E-state index contributed by atoms with van der Waals surface area (Å²) >= 11 is 1.76. The van der Waals surface area contributed by atoms with Gasteiger partial charge in [-0.1, -0.05) is 111 Å². The lowest BCUT2D eigenvalue weighted by Crippen LogP contribution is -2.35. The predicted molar refractivity (Wildman–Crippen MR) is 157 cm³/mol. The summed E-state index contributed by atoms with van der Waals surface area (Å²) in [5, 5.41) is 2.42. The van der Waals surface area contributed by atoms with E-state index in [-0.39, 0.29) is 5.41 Å². The molecule has 0 N–H and O–H groups in total. The average molecular weight is 497 g/mol. The third-order valence-corrected chi connectivity index (χ3v) is 8.91. The molecule has 1 unspecified atom stereocenters. The minimum Gasteiger partial charge on any atom is -0.472 e. The standard InChI is InChI=1S/C35H28OS/c1-34(2)30-16-10-9-15-28(30)31-26-13-7-8-14-27(26)33-29(32(31)34)21-22-35(36-33,23-11-5-4-6-12-23)24-17-19-25(37-3)20-18-24/h4-22H,1-3H3. The highest BCUT2D eigenvalue weighted by Crippen LogP contribution is 2.57. The fourth-order valence-electron chi connectivity index (χ4n) is 6.40. The molecule has 37 heavy (non-hydrogen) atoms. The number of hydrogen-bond donors (Lipinski definition) is 0. The molecule has 0 spiro atoms. The molecule has 1 heterocycles. The van der Waals surface area contributed by atoms with E-state index in [1.165, 1.54) is 38.1 Å². The Hall–Kier alpha value is -3.75. The van der Waals surface area contributed by atoms with Crippen molar-refractivity contribution in [3.05, 3.63) is 137 Å². The molecule has 5 aromatic rings. The first-order valence-electron chi connectivity index (χ1n) is 12.8. The van der Waals surface area contributed by atoms with E-state index < -0.39 is 5.60 Å². The van der Waals surface area contributed by atoms with E-state index >= 15 is 0 Å². The maximum absolute atomic E-state index is 7.30. The number of benzene rings is 5. The zero-order valence-electron chi connectivity index (χ0n) is 21.3. The Morgan fingerprint density at radius 2 is 1.32 bits per heavy atom. The van der Waals surface area contributed by atoms with Gasteiger partial charge < -0.3 is 4.74 Å². The van der Waals surface area contributed by atoms with Crippen molar-refractivity contribution in [1.82, 2.24) is 0 Å². The van der Waals surface area contributed by atoms with Gasteiger partial charge in [-0.3, -0.25) is 0 Å². The average Bonchev–Trinajstić information content (AvgIpc) is 3.20. The van der Waals surface area contributed by atoms with Gasteiger partial charge in [-0.15, -0.1) is 11.8 Å². The summed E-state index contributed by atoms with van der Waals surface area (Å²) in [6.07, 6.45) is 6.71. The Balaban J connectivity index is 1.54. The van der Waals surface area contributed by atoms with Gasteiger partial charge in [0.2, 0.25) is 0 Å². The molecular weight excluding hydrogens is 468 g/mol. The van der Waals surface area contributed by atoms with Crippen LogP contribution in [0.2, 0.25) is 0 Å². The molecule has 0 radical (unpaired) electrons. The largest absolute Gasteiger partial charge is 0.472 e.